The van der Waals surface area contributed by atoms with Crippen LogP contribution >= 0.6 is 0 Å². The minimum Gasteiger partial charge on any atom is -0.455 e. The molecule has 2 saturated heterocycles. The number of hydrogen-bond acceptors (Lipinski definition) is 11. The van der Waals surface area contributed by atoms with Crippen LogP contribution in [0.25, 0.3) is 5.65 Å². The summed E-state index contributed by atoms with van der Waals surface area (Å²) in [6.45, 7) is 5.23. The number of carbonyl (C=O) groups is 4. The summed E-state index contributed by atoms with van der Waals surface area (Å²) < 4.78 is 22.1. The van der Waals surface area contributed by atoms with Crippen molar-refractivity contribution in [1.82, 2.24) is 30.1 Å². The lowest BCUT2D eigenvalue weighted by Crippen LogP contribution is -2.47. The van der Waals surface area contributed by atoms with Gasteiger partial charge < -0.3 is 30.9 Å². The lowest BCUT2D eigenvalue weighted by atomic mass is 10.1. The molecule has 1 unspecified atom stereocenters. The number of piperidine rings is 1. The van der Waals surface area contributed by atoms with Gasteiger partial charge in [-0.25, -0.2) is 13.9 Å². The Kier molecular flexibility index (Phi) is 10.4. The number of amides is 4. The molecule has 56 heavy (non-hydrogen) atoms. The van der Waals surface area contributed by atoms with Crippen molar-refractivity contribution in [3.05, 3.63) is 102 Å². The quantitative estimate of drug-likeness (QED) is 0.107. The van der Waals surface area contributed by atoms with Crippen molar-refractivity contribution in [2.75, 3.05) is 60.1 Å². The van der Waals surface area contributed by atoms with E-state index in [2.05, 4.69) is 58.6 Å². The average Bonchev–Trinajstić information content (AvgIpc) is 3.63. The third-order valence-electron chi connectivity index (χ3n) is 10.2. The monoisotopic (exact) mass is 760 g/mol. The van der Waals surface area contributed by atoms with Gasteiger partial charge in [0.1, 0.15) is 29.0 Å². The highest BCUT2D eigenvalue weighted by Gasteiger charge is 2.26. The predicted octanol–water partition coefficient (Wildman–Crippen LogP) is 4.39. The standard InChI is InChI=1S/C40H41FN10O5/c41-27-4-11-33-26(21-27)23-43-35-13-16-51-37(47-35)30(24-44-51)39(54)46-31-9-3-25(22-34(31)56-33)38(53)42-14-1-2-15-49-17-19-50(20-18-49)29-7-5-28(6-8-29)45-32-10-12-36(52)48-40(32)55/h3-9,11,13,16,21-22,24,32,45H,1-2,10,12,14-15,17-20,23H2,(H,42,53)(H,43,47)(H,46,54)(H,48,52,55). The zero-order valence-electron chi connectivity index (χ0n) is 30.5. The second kappa shape index (κ2) is 16.0. The molecule has 5 heterocycles. The van der Waals surface area contributed by atoms with Gasteiger partial charge in [-0.2, -0.15) is 5.10 Å². The minimum atomic E-state index is -0.457. The van der Waals surface area contributed by atoms with Crippen molar-refractivity contribution in [2.24, 2.45) is 0 Å². The first-order valence-electron chi connectivity index (χ1n) is 18.7. The molecule has 0 saturated carbocycles. The second-order valence-electron chi connectivity index (χ2n) is 14.0. The maximum Gasteiger partial charge on any atom is 0.261 e. The van der Waals surface area contributed by atoms with Crippen LogP contribution < -0.4 is 36.2 Å². The summed E-state index contributed by atoms with van der Waals surface area (Å²) in [5, 5.41) is 18.9. The number of unbranched alkanes of at least 4 members (excludes halogenated alkanes) is 1. The minimum absolute atomic E-state index is 0.188. The van der Waals surface area contributed by atoms with Gasteiger partial charge in [-0.3, -0.25) is 29.4 Å². The smallest absolute Gasteiger partial charge is 0.261 e. The van der Waals surface area contributed by atoms with Crippen molar-refractivity contribution in [2.45, 2.75) is 38.3 Å². The third kappa shape index (κ3) is 8.24. The second-order valence-corrected chi connectivity index (χ2v) is 14.0. The molecule has 288 valence electrons. The van der Waals surface area contributed by atoms with Crippen LogP contribution in [-0.2, 0) is 16.1 Å². The number of halogens is 1. The lowest BCUT2D eigenvalue weighted by Gasteiger charge is -2.36. The molecule has 0 aliphatic carbocycles. The largest absolute Gasteiger partial charge is 0.455 e. The Hall–Kier alpha value is -6.55. The molecule has 5 aromatic rings. The highest BCUT2D eigenvalue weighted by atomic mass is 19.1. The number of imide groups is 1. The number of ether oxygens (including phenoxy) is 1. The van der Waals surface area contributed by atoms with E-state index >= 15 is 0 Å². The van der Waals surface area contributed by atoms with Gasteiger partial charge in [0.25, 0.3) is 11.8 Å². The molecule has 15 nitrogen and oxygen atoms in total. The Labute approximate surface area is 321 Å². The number of anilines is 4. The molecule has 3 aromatic carbocycles. The Morgan fingerprint density at radius 2 is 1.77 bits per heavy atom. The van der Waals surface area contributed by atoms with E-state index in [0.29, 0.717) is 53.4 Å². The van der Waals surface area contributed by atoms with E-state index < -0.39 is 17.8 Å². The summed E-state index contributed by atoms with van der Waals surface area (Å²) in [4.78, 5) is 59.5. The van der Waals surface area contributed by atoms with Gasteiger partial charge in [0.2, 0.25) is 11.8 Å². The van der Waals surface area contributed by atoms with Crippen LogP contribution in [0.2, 0.25) is 0 Å². The van der Waals surface area contributed by atoms with E-state index in [9.17, 15) is 23.6 Å². The van der Waals surface area contributed by atoms with E-state index in [-0.39, 0.29) is 35.6 Å². The van der Waals surface area contributed by atoms with E-state index in [0.717, 1.165) is 56.9 Å². The van der Waals surface area contributed by atoms with Crippen LogP contribution in [0.1, 0.15) is 52.0 Å². The SMILES string of the molecule is O=C1CCC(Nc2ccc(N3CCN(CCCCNC(=O)c4ccc5c(c4)Oc4ccc(F)cc4CNc4ccn6ncc(c6n4)C(=O)N5)CC3)cc2)C(=O)N1. The Balaban J connectivity index is 0.834. The predicted molar refractivity (Wildman–Crippen MR) is 208 cm³/mol. The van der Waals surface area contributed by atoms with Crippen molar-refractivity contribution in [3.8, 4) is 11.5 Å². The number of piperazine rings is 1. The van der Waals surface area contributed by atoms with Gasteiger partial charge in [-0.15, -0.1) is 0 Å². The van der Waals surface area contributed by atoms with Crippen molar-refractivity contribution >= 4 is 52.2 Å². The molecule has 0 spiro atoms. The molecular formula is C40H41FN10O5. The van der Waals surface area contributed by atoms with Gasteiger partial charge in [0.15, 0.2) is 11.4 Å². The molecule has 1 atom stereocenters. The number of hydrogen-bond donors (Lipinski definition) is 5. The number of carbonyl (C=O) groups excluding carboxylic acids is 4. The van der Waals surface area contributed by atoms with Crippen molar-refractivity contribution in [1.29, 1.82) is 0 Å². The highest BCUT2D eigenvalue weighted by Crippen LogP contribution is 2.34. The number of fused-ring (bicyclic) bond motifs is 3. The number of nitrogens with zero attached hydrogens (tertiary/aromatic N) is 5. The van der Waals surface area contributed by atoms with E-state index in [1.807, 2.05) is 12.1 Å². The van der Waals surface area contributed by atoms with E-state index in [1.165, 1.54) is 28.9 Å². The number of aromatic nitrogens is 3. The molecule has 5 N–H and O–H groups in total. The Morgan fingerprint density at radius 1 is 0.929 bits per heavy atom. The van der Waals surface area contributed by atoms with Crippen LogP contribution in [-0.4, -0.2) is 88.4 Å². The summed E-state index contributed by atoms with van der Waals surface area (Å²) in [5.74, 6) is -0.636. The molecule has 0 radical (unpaired) electrons. The lowest BCUT2D eigenvalue weighted by molar-refractivity contribution is -0.133. The van der Waals surface area contributed by atoms with Crippen molar-refractivity contribution < 1.29 is 28.3 Å². The van der Waals surface area contributed by atoms with Gasteiger partial charge in [0, 0.05) is 74.4 Å². The first-order chi connectivity index (χ1) is 27.3. The number of nitrogens with one attached hydrogen (secondary N) is 5. The third-order valence-corrected chi connectivity index (χ3v) is 10.2. The van der Waals surface area contributed by atoms with Crippen LogP contribution in [0.15, 0.2) is 79.1 Å². The van der Waals surface area contributed by atoms with Crippen LogP contribution in [0, 0.1) is 5.82 Å². The van der Waals surface area contributed by atoms with Crippen molar-refractivity contribution in [3.63, 3.8) is 0 Å². The molecule has 16 heteroatoms. The van der Waals surface area contributed by atoms with Gasteiger partial charge in [-0.1, -0.05) is 0 Å². The Bertz CT molecular complexity index is 2290. The highest BCUT2D eigenvalue weighted by molar-refractivity contribution is 6.09. The molecule has 3 aliphatic heterocycles. The maximum atomic E-state index is 14.4. The van der Waals surface area contributed by atoms with Crippen LogP contribution in [0.5, 0.6) is 11.5 Å². The molecule has 2 bridgehead atoms. The van der Waals surface area contributed by atoms with Gasteiger partial charge >= 0.3 is 0 Å². The summed E-state index contributed by atoms with van der Waals surface area (Å²) in [7, 11) is 0. The van der Waals surface area contributed by atoms with Crippen LogP contribution in [0.4, 0.5) is 27.3 Å². The van der Waals surface area contributed by atoms with E-state index in [4.69, 9.17) is 4.74 Å². The first kappa shape index (κ1) is 36.4. The fourth-order valence-corrected chi connectivity index (χ4v) is 7.05. The zero-order chi connectivity index (χ0) is 38.6. The summed E-state index contributed by atoms with van der Waals surface area (Å²) in [5.41, 5.74) is 3.75. The van der Waals surface area contributed by atoms with Crippen LogP contribution in [0.3, 0.4) is 0 Å². The summed E-state index contributed by atoms with van der Waals surface area (Å²) >= 11 is 0. The topological polar surface area (TPSA) is 174 Å². The molecular weight excluding hydrogens is 720 g/mol. The number of rotatable bonds is 9. The fourth-order valence-electron chi connectivity index (χ4n) is 7.05. The first-order valence-corrected chi connectivity index (χ1v) is 18.7. The Morgan fingerprint density at radius 3 is 2.59 bits per heavy atom. The number of benzene rings is 3. The fraction of sp³-hybridized carbons (Fsp3) is 0.300. The molecule has 3 aliphatic rings. The normalized spacial score (nSPS) is 17.3. The average molecular weight is 761 g/mol. The maximum absolute atomic E-state index is 14.4. The molecule has 4 amide bonds. The van der Waals surface area contributed by atoms with E-state index in [1.54, 1.807) is 30.5 Å². The van der Waals surface area contributed by atoms with Gasteiger partial charge in [0.05, 0.1) is 11.9 Å². The zero-order valence-corrected chi connectivity index (χ0v) is 30.5. The summed E-state index contributed by atoms with van der Waals surface area (Å²) in [6, 6.07) is 18.3. The van der Waals surface area contributed by atoms with Gasteiger partial charge in [-0.05, 0) is 92.5 Å². The molecule has 2 aromatic heterocycles. The molecule has 2 fully saturated rings. The molecule has 8 rings (SSSR count). The summed E-state index contributed by atoms with van der Waals surface area (Å²) in [6.07, 6.45) is 5.65.